The molecule has 0 spiro atoms. The summed E-state index contributed by atoms with van der Waals surface area (Å²) in [7, 11) is 0. The highest BCUT2D eigenvalue weighted by atomic mass is 16.3. The SMILES string of the molecule is C[C@]12CC=CC[C@@H]1CC[C@@H]1[C@@H]2CC[C@]2(C)[C@H](O)C(=O)C[C@@H]12. The average molecular weight is 288 g/mol. The molecule has 116 valence electrons. The van der Waals surface area contributed by atoms with Crippen LogP contribution in [-0.4, -0.2) is 17.0 Å². The minimum absolute atomic E-state index is 0.110. The van der Waals surface area contributed by atoms with Gasteiger partial charge in [-0.15, -0.1) is 0 Å². The Bertz CT molecular complexity index is 496. The summed E-state index contributed by atoms with van der Waals surface area (Å²) in [6, 6.07) is 0. The van der Waals surface area contributed by atoms with E-state index in [1.54, 1.807) is 0 Å². The van der Waals surface area contributed by atoms with Gasteiger partial charge in [0.05, 0.1) is 0 Å². The van der Waals surface area contributed by atoms with E-state index in [1.807, 2.05) is 0 Å². The van der Waals surface area contributed by atoms with E-state index in [1.165, 1.54) is 32.1 Å². The van der Waals surface area contributed by atoms with Crippen LogP contribution in [0.4, 0.5) is 0 Å². The summed E-state index contributed by atoms with van der Waals surface area (Å²) in [4.78, 5) is 12.1. The van der Waals surface area contributed by atoms with Gasteiger partial charge in [0.25, 0.3) is 0 Å². The number of Topliss-reactive ketones (excluding diaryl/α,β-unsaturated/α-hetero) is 1. The molecule has 0 aliphatic heterocycles. The first-order valence-electron chi connectivity index (χ1n) is 8.82. The molecule has 4 aliphatic carbocycles. The molecule has 0 aromatic heterocycles. The quantitative estimate of drug-likeness (QED) is 0.690. The van der Waals surface area contributed by atoms with Gasteiger partial charge in [0.15, 0.2) is 5.78 Å². The third kappa shape index (κ3) is 1.72. The van der Waals surface area contributed by atoms with Crippen LogP contribution in [0, 0.1) is 34.5 Å². The van der Waals surface area contributed by atoms with Gasteiger partial charge >= 0.3 is 0 Å². The van der Waals surface area contributed by atoms with Crippen molar-refractivity contribution in [1.29, 1.82) is 0 Å². The van der Waals surface area contributed by atoms with Gasteiger partial charge in [-0.2, -0.15) is 0 Å². The van der Waals surface area contributed by atoms with Gasteiger partial charge < -0.3 is 5.11 Å². The lowest BCUT2D eigenvalue weighted by molar-refractivity contribution is -0.130. The zero-order chi connectivity index (χ0) is 14.8. The Hall–Kier alpha value is -0.630. The Kier molecular flexibility index (Phi) is 2.96. The molecule has 4 aliphatic rings. The van der Waals surface area contributed by atoms with Gasteiger partial charge in [-0.05, 0) is 67.6 Å². The molecule has 0 aromatic carbocycles. The number of aliphatic hydroxyl groups is 1. The van der Waals surface area contributed by atoms with Crippen molar-refractivity contribution in [3.05, 3.63) is 12.2 Å². The molecule has 0 aromatic rings. The van der Waals surface area contributed by atoms with E-state index < -0.39 is 6.10 Å². The Morgan fingerprint density at radius 2 is 1.90 bits per heavy atom. The third-order valence-electron chi connectivity index (χ3n) is 8.00. The number of ketones is 1. The third-order valence-corrected chi connectivity index (χ3v) is 8.00. The maximum atomic E-state index is 12.1. The number of carbonyl (C=O) groups excluding carboxylic acids is 1. The first kappa shape index (κ1) is 14.0. The Balaban J connectivity index is 1.68. The first-order chi connectivity index (χ1) is 9.97. The first-order valence-corrected chi connectivity index (χ1v) is 8.82. The number of hydrogen-bond acceptors (Lipinski definition) is 2. The molecular formula is C19H28O2. The maximum Gasteiger partial charge on any atom is 0.162 e. The van der Waals surface area contributed by atoms with E-state index in [0.717, 1.165) is 18.3 Å². The summed E-state index contributed by atoms with van der Waals surface area (Å²) >= 11 is 0. The highest BCUT2D eigenvalue weighted by Crippen LogP contribution is 2.65. The second-order valence-electron chi connectivity index (χ2n) is 8.69. The normalized spacial score (nSPS) is 55.8. The van der Waals surface area contributed by atoms with E-state index >= 15 is 0 Å². The Morgan fingerprint density at radius 3 is 2.71 bits per heavy atom. The predicted octanol–water partition coefficient (Wildman–Crippen LogP) is 3.74. The molecule has 21 heavy (non-hydrogen) atoms. The van der Waals surface area contributed by atoms with Gasteiger partial charge in [0, 0.05) is 11.8 Å². The average Bonchev–Trinajstić information content (AvgIpc) is 2.70. The van der Waals surface area contributed by atoms with Crippen molar-refractivity contribution in [3.8, 4) is 0 Å². The van der Waals surface area contributed by atoms with Crippen molar-refractivity contribution < 1.29 is 9.90 Å². The van der Waals surface area contributed by atoms with E-state index in [2.05, 4.69) is 26.0 Å². The van der Waals surface area contributed by atoms with E-state index in [9.17, 15) is 9.90 Å². The number of aliphatic hydroxyl groups excluding tert-OH is 1. The number of rotatable bonds is 0. The summed E-state index contributed by atoms with van der Waals surface area (Å²) in [5, 5.41) is 10.4. The monoisotopic (exact) mass is 288 g/mol. The van der Waals surface area contributed by atoms with E-state index in [-0.39, 0.29) is 11.2 Å². The Morgan fingerprint density at radius 1 is 1.10 bits per heavy atom. The molecule has 2 heteroatoms. The van der Waals surface area contributed by atoms with Crippen LogP contribution >= 0.6 is 0 Å². The smallest absolute Gasteiger partial charge is 0.162 e. The zero-order valence-corrected chi connectivity index (χ0v) is 13.3. The Labute approximate surface area is 128 Å². The topological polar surface area (TPSA) is 37.3 Å². The molecule has 0 radical (unpaired) electrons. The number of hydrogen-bond donors (Lipinski definition) is 1. The highest BCUT2D eigenvalue weighted by molar-refractivity contribution is 5.86. The molecule has 4 rings (SSSR count). The van der Waals surface area contributed by atoms with Crippen LogP contribution in [-0.2, 0) is 4.79 Å². The van der Waals surface area contributed by atoms with Gasteiger partial charge in [-0.25, -0.2) is 0 Å². The second kappa shape index (κ2) is 4.44. The molecular weight excluding hydrogens is 260 g/mol. The summed E-state index contributed by atoms with van der Waals surface area (Å²) < 4.78 is 0. The molecule has 0 amide bonds. The van der Waals surface area contributed by atoms with Crippen molar-refractivity contribution in [2.24, 2.45) is 34.5 Å². The van der Waals surface area contributed by atoms with Crippen LogP contribution in [0.15, 0.2) is 12.2 Å². The van der Waals surface area contributed by atoms with Gasteiger partial charge in [0.1, 0.15) is 6.10 Å². The van der Waals surface area contributed by atoms with Crippen LogP contribution in [0.2, 0.25) is 0 Å². The lowest BCUT2D eigenvalue weighted by Crippen LogP contribution is -2.52. The van der Waals surface area contributed by atoms with Crippen LogP contribution in [0.3, 0.4) is 0 Å². The van der Waals surface area contributed by atoms with E-state index in [0.29, 0.717) is 23.7 Å². The minimum Gasteiger partial charge on any atom is -0.385 e. The van der Waals surface area contributed by atoms with Gasteiger partial charge in [-0.3, -0.25) is 4.79 Å². The van der Waals surface area contributed by atoms with Crippen LogP contribution in [0.25, 0.3) is 0 Å². The zero-order valence-electron chi connectivity index (χ0n) is 13.3. The van der Waals surface area contributed by atoms with Crippen molar-refractivity contribution >= 4 is 5.78 Å². The van der Waals surface area contributed by atoms with Crippen molar-refractivity contribution in [3.63, 3.8) is 0 Å². The van der Waals surface area contributed by atoms with Crippen molar-refractivity contribution in [1.82, 2.24) is 0 Å². The molecule has 3 saturated carbocycles. The van der Waals surface area contributed by atoms with Crippen LogP contribution in [0.5, 0.6) is 0 Å². The molecule has 0 unspecified atom stereocenters. The van der Waals surface area contributed by atoms with Gasteiger partial charge in [0.2, 0.25) is 0 Å². The number of fused-ring (bicyclic) bond motifs is 5. The lowest BCUT2D eigenvalue weighted by atomic mass is 9.46. The fourth-order valence-electron chi connectivity index (χ4n) is 6.61. The second-order valence-corrected chi connectivity index (χ2v) is 8.69. The van der Waals surface area contributed by atoms with Crippen molar-refractivity contribution in [2.45, 2.75) is 64.9 Å². The summed E-state index contributed by atoms with van der Waals surface area (Å²) in [6.45, 7) is 4.69. The van der Waals surface area contributed by atoms with E-state index in [4.69, 9.17) is 0 Å². The molecule has 0 bridgehead atoms. The number of allylic oxidation sites excluding steroid dienone is 2. The minimum atomic E-state index is -0.694. The fraction of sp³-hybridized carbons (Fsp3) is 0.842. The van der Waals surface area contributed by atoms with Crippen LogP contribution in [0.1, 0.15) is 58.8 Å². The largest absolute Gasteiger partial charge is 0.385 e. The highest BCUT2D eigenvalue weighted by Gasteiger charge is 2.61. The molecule has 0 saturated heterocycles. The predicted molar refractivity (Wildman–Crippen MR) is 82.6 cm³/mol. The maximum absolute atomic E-state index is 12.1. The molecule has 2 nitrogen and oxygen atoms in total. The van der Waals surface area contributed by atoms with Crippen LogP contribution < -0.4 is 0 Å². The molecule has 3 fully saturated rings. The fourth-order valence-corrected chi connectivity index (χ4v) is 6.61. The number of carbonyl (C=O) groups is 1. The lowest BCUT2D eigenvalue weighted by Gasteiger charge is -2.59. The summed E-state index contributed by atoms with van der Waals surface area (Å²) in [5.41, 5.74) is 0.307. The molecule has 0 heterocycles. The molecule has 7 atom stereocenters. The molecule has 1 N–H and O–H groups in total. The summed E-state index contributed by atoms with van der Waals surface area (Å²) in [5.74, 6) is 2.81. The standard InChI is InChI=1S/C19H28O2/c1-18-9-4-3-5-12(18)6-7-13-14(18)8-10-19(2)15(13)11-16(20)17(19)21/h3-4,12-15,17,21H,5-11H2,1-2H3/t12-,13-,14+,15+,17-,18+,19+/m1/s1. The summed E-state index contributed by atoms with van der Waals surface area (Å²) in [6.07, 6.45) is 12.0. The van der Waals surface area contributed by atoms with Crippen molar-refractivity contribution in [2.75, 3.05) is 0 Å². The van der Waals surface area contributed by atoms with Gasteiger partial charge in [-0.1, -0.05) is 26.0 Å².